The Morgan fingerprint density at radius 3 is 2.58 bits per heavy atom. The number of hydrogen-bond acceptors (Lipinski definition) is 8. The van der Waals surface area contributed by atoms with Gasteiger partial charge in [0, 0.05) is 17.5 Å². The molecule has 0 bridgehead atoms. The lowest BCUT2D eigenvalue weighted by Crippen LogP contribution is -2.60. The second-order valence-electron chi connectivity index (χ2n) is 5.72. The maximum atomic E-state index is 11.5. The fraction of sp³-hybridized carbons (Fsp3) is 0.438. The molecule has 3 rings (SSSR count). The van der Waals surface area contributed by atoms with Crippen molar-refractivity contribution in [2.75, 3.05) is 6.61 Å². The van der Waals surface area contributed by atoms with Gasteiger partial charge in [0.1, 0.15) is 35.7 Å². The van der Waals surface area contributed by atoms with Crippen molar-refractivity contribution in [3.05, 3.63) is 40.2 Å². The van der Waals surface area contributed by atoms with E-state index in [0.29, 0.717) is 5.58 Å². The third-order valence-corrected chi connectivity index (χ3v) is 4.02. The molecular formula is C16H18O8. The standard InChI is InChI=1S/C16H18O8/c1-7-4-12(18)23-10-5-8(2-3-9(7)10)22-16-15(21)14(20)13(19)11(6-17)24-16/h2-5,11,13-17,19-21H,6H2,1H3/t11-,13-,14+,15-,16+/m0/s1. The molecule has 1 aliphatic heterocycles. The van der Waals surface area contributed by atoms with E-state index in [1.165, 1.54) is 12.1 Å². The summed E-state index contributed by atoms with van der Waals surface area (Å²) in [5, 5.41) is 39.4. The molecule has 0 unspecified atom stereocenters. The monoisotopic (exact) mass is 338 g/mol. The van der Waals surface area contributed by atoms with Crippen LogP contribution in [0.1, 0.15) is 5.56 Å². The zero-order valence-corrected chi connectivity index (χ0v) is 12.8. The summed E-state index contributed by atoms with van der Waals surface area (Å²) in [6, 6.07) is 6.12. The molecule has 2 heterocycles. The summed E-state index contributed by atoms with van der Waals surface area (Å²) >= 11 is 0. The molecular weight excluding hydrogens is 320 g/mol. The van der Waals surface area contributed by atoms with Crippen molar-refractivity contribution >= 4 is 11.0 Å². The van der Waals surface area contributed by atoms with Gasteiger partial charge in [-0.25, -0.2) is 4.79 Å². The largest absolute Gasteiger partial charge is 0.462 e. The van der Waals surface area contributed by atoms with E-state index in [1.54, 1.807) is 19.1 Å². The van der Waals surface area contributed by atoms with Crippen molar-refractivity contribution in [3.8, 4) is 5.75 Å². The molecule has 24 heavy (non-hydrogen) atoms. The summed E-state index contributed by atoms with van der Waals surface area (Å²) in [5.41, 5.74) is 0.563. The highest BCUT2D eigenvalue weighted by Crippen LogP contribution is 2.27. The van der Waals surface area contributed by atoms with Crippen LogP contribution >= 0.6 is 0 Å². The van der Waals surface area contributed by atoms with Crippen molar-refractivity contribution < 1.29 is 34.3 Å². The summed E-state index contributed by atoms with van der Waals surface area (Å²) in [6.45, 7) is 1.23. The smallest absolute Gasteiger partial charge is 0.336 e. The Hall–Kier alpha value is -1.97. The van der Waals surface area contributed by atoms with E-state index in [0.717, 1.165) is 10.9 Å². The van der Waals surface area contributed by atoms with Gasteiger partial charge in [0.15, 0.2) is 0 Å². The Balaban J connectivity index is 1.87. The lowest BCUT2D eigenvalue weighted by molar-refractivity contribution is -0.277. The highest BCUT2D eigenvalue weighted by molar-refractivity contribution is 5.81. The van der Waals surface area contributed by atoms with Gasteiger partial charge in [-0.15, -0.1) is 0 Å². The first-order valence-electron chi connectivity index (χ1n) is 7.42. The van der Waals surface area contributed by atoms with Crippen LogP contribution in [0.4, 0.5) is 0 Å². The van der Waals surface area contributed by atoms with E-state index in [2.05, 4.69) is 0 Å². The van der Waals surface area contributed by atoms with E-state index in [9.17, 15) is 20.1 Å². The van der Waals surface area contributed by atoms with Gasteiger partial charge in [-0.1, -0.05) is 0 Å². The molecule has 5 atom stereocenters. The van der Waals surface area contributed by atoms with E-state index >= 15 is 0 Å². The number of hydrogen-bond donors (Lipinski definition) is 4. The van der Waals surface area contributed by atoms with Crippen molar-refractivity contribution in [1.82, 2.24) is 0 Å². The number of rotatable bonds is 3. The average Bonchev–Trinajstić information content (AvgIpc) is 2.55. The van der Waals surface area contributed by atoms with E-state index < -0.39 is 42.9 Å². The predicted octanol–water partition coefficient (Wildman–Crippen LogP) is -0.720. The lowest BCUT2D eigenvalue weighted by Gasteiger charge is -2.39. The lowest BCUT2D eigenvalue weighted by atomic mass is 9.99. The Morgan fingerprint density at radius 2 is 1.88 bits per heavy atom. The maximum absolute atomic E-state index is 11.5. The number of benzene rings is 1. The predicted molar refractivity (Wildman–Crippen MR) is 81.6 cm³/mol. The molecule has 4 N–H and O–H groups in total. The minimum atomic E-state index is -1.53. The van der Waals surface area contributed by atoms with Crippen LogP contribution in [0.25, 0.3) is 11.0 Å². The van der Waals surface area contributed by atoms with Crippen LogP contribution in [0, 0.1) is 6.92 Å². The second-order valence-corrected chi connectivity index (χ2v) is 5.72. The SMILES string of the molecule is Cc1cc(=O)oc2cc(O[C@@H]3O[C@@H](CO)[C@H](O)[C@@H](O)[C@@H]3O)ccc12. The molecule has 130 valence electrons. The molecule has 2 aromatic rings. The van der Waals surface area contributed by atoms with Crippen LogP contribution in [0.2, 0.25) is 0 Å². The molecule has 0 saturated carbocycles. The summed E-state index contributed by atoms with van der Waals surface area (Å²) in [5.74, 6) is 0.237. The van der Waals surface area contributed by atoms with Gasteiger partial charge in [0.2, 0.25) is 6.29 Å². The first-order valence-corrected chi connectivity index (χ1v) is 7.42. The minimum Gasteiger partial charge on any atom is -0.462 e. The molecule has 0 amide bonds. The zero-order chi connectivity index (χ0) is 17.4. The van der Waals surface area contributed by atoms with Crippen LogP contribution in [0.3, 0.4) is 0 Å². The van der Waals surface area contributed by atoms with Crippen LogP contribution < -0.4 is 10.4 Å². The van der Waals surface area contributed by atoms with Gasteiger partial charge in [-0.2, -0.15) is 0 Å². The highest BCUT2D eigenvalue weighted by atomic mass is 16.7. The molecule has 1 aliphatic rings. The van der Waals surface area contributed by atoms with Gasteiger partial charge in [-0.05, 0) is 24.6 Å². The molecule has 1 aromatic carbocycles. The molecule has 8 nitrogen and oxygen atoms in total. The first kappa shape index (κ1) is 16.9. The second kappa shape index (κ2) is 6.50. The quantitative estimate of drug-likeness (QED) is 0.540. The number of ether oxygens (including phenoxy) is 2. The third-order valence-electron chi connectivity index (χ3n) is 4.02. The van der Waals surface area contributed by atoms with E-state index in [4.69, 9.17) is 19.0 Å². The Morgan fingerprint density at radius 1 is 1.12 bits per heavy atom. The van der Waals surface area contributed by atoms with Crippen LogP contribution in [0.15, 0.2) is 33.5 Å². The molecule has 8 heteroatoms. The van der Waals surface area contributed by atoms with Crippen LogP contribution in [-0.2, 0) is 4.74 Å². The number of aliphatic hydroxyl groups is 4. The van der Waals surface area contributed by atoms with Crippen molar-refractivity contribution in [1.29, 1.82) is 0 Å². The molecule has 1 aromatic heterocycles. The number of fused-ring (bicyclic) bond motifs is 1. The summed E-state index contributed by atoms with van der Waals surface area (Å²) in [7, 11) is 0. The Kier molecular flexibility index (Phi) is 4.57. The van der Waals surface area contributed by atoms with Crippen molar-refractivity contribution in [2.24, 2.45) is 0 Å². The molecule has 0 aliphatic carbocycles. The average molecular weight is 338 g/mol. The van der Waals surface area contributed by atoms with Gasteiger partial charge in [-0.3, -0.25) is 0 Å². The van der Waals surface area contributed by atoms with E-state index in [-0.39, 0.29) is 5.75 Å². The Bertz CT molecular complexity index is 783. The highest BCUT2D eigenvalue weighted by Gasteiger charge is 2.44. The van der Waals surface area contributed by atoms with Gasteiger partial charge in [0.05, 0.1) is 6.61 Å². The third kappa shape index (κ3) is 3.02. The van der Waals surface area contributed by atoms with Crippen molar-refractivity contribution in [2.45, 2.75) is 37.6 Å². The van der Waals surface area contributed by atoms with E-state index in [1.807, 2.05) is 0 Å². The van der Waals surface area contributed by atoms with Gasteiger partial charge in [0.25, 0.3) is 0 Å². The topological polar surface area (TPSA) is 130 Å². The minimum absolute atomic E-state index is 0.237. The normalized spacial score (nSPS) is 30.5. The summed E-state index contributed by atoms with van der Waals surface area (Å²) in [6.07, 6.45) is -6.85. The number of aryl methyl sites for hydroxylation is 1. The zero-order valence-electron chi connectivity index (χ0n) is 12.8. The van der Waals surface area contributed by atoms with Gasteiger partial charge >= 0.3 is 5.63 Å². The van der Waals surface area contributed by atoms with Gasteiger partial charge < -0.3 is 34.3 Å². The maximum Gasteiger partial charge on any atom is 0.336 e. The van der Waals surface area contributed by atoms with Crippen LogP contribution in [-0.4, -0.2) is 57.7 Å². The van der Waals surface area contributed by atoms with Crippen LogP contribution in [0.5, 0.6) is 5.75 Å². The first-order chi connectivity index (χ1) is 11.4. The summed E-state index contributed by atoms with van der Waals surface area (Å²) in [4.78, 5) is 11.5. The van der Waals surface area contributed by atoms with Crippen molar-refractivity contribution in [3.63, 3.8) is 0 Å². The Labute approximate surface area is 136 Å². The number of aliphatic hydroxyl groups excluding tert-OH is 4. The fourth-order valence-corrected chi connectivity index (χ4v) is 2.68. The molecule has 0 spiro atoms. The molecule has 0 radical (unpaired) electrons. The fourth-order valence-electron chi connectivity index (χ4n) is 2.68. The summed E-state index contributed by atoms with van der Waals surface area (Å²) < 4.78 is 15.9. The molecule has 1 fully saturated rings. The molecule has 1 saturated heterocycles.